The first-order valence-electron chi connectivity index (χ1n) is 2.51. The van der Waals surface area contributed by atoms with Gasteiger partial charge >= 0.3 is 0 Å². The minimum Gasteiger partial charge on any atom is -0.349 e. The Morgan fingerprint density at radius 3 is 2.43 bits per heavy atom. The lowest BCUT2D eigenvalue weighted by Crippen LogP contribution is -2.05. The summed E-state index contributed by atoms with van der Waals surface area (Å²) in [6.07, 6.45) is 1.06. The monoisotopic (exact) mass is 103 g/mol. The van der Waals surface area contributed by atoms with E-state index in [1.807, 2.05) is 13.8 Å². The summed E-state index contributed by atoms with van der Waals surface area (Å²) >= 11 is 0. The molecule has 2 heteroatoms. The van der Waals surface area contributed by atoms with E-state index in [2.05, 4.69) is 4.74 Å². The van der Waals surface area contributed by atoms with Gasteiger partial charge in [0.2, 0.25) is 0 Å². The molecule has 0 aliphatic carbocycles. The molecule has 0 aliphatic rings. The van der Waals surface area contributed by atoms with Crippen molar-refractivity contribution in [2.75, 3.05) is 6.79 Å². The number of hydrogen-bond acceptors (Lipinski definition) is 1. The van der Waals surface area contributed by atoms with E-state index in [9.17, 15) is 5.11 Å². The summed E-state index contributed by atoms with van der Waals surface area (Å²) in [5.74, 6) is 0. The normalized spacial score (nSPS) is 14.1. The van der Waals surface area contributed by atoms with Crippen molar-refractivity contribution in [3.05, 3.63) is 0 Å². The third-order valence-corrected chi connectivity index (χ3v) is 0.927. The zero-order valence-corrected chi connectivity index (χ0v) is 4.81. The molecule has 1 radical (unpaired) electrons. The van der Waals surface area contributed by atoms with Crippen molar-refractivity contribution in [2.24, 2.45) is 0 Å². The maximum Gasteiger partial charge on any atom is 0.181 e. The Hall–Kier alpha value is -0.0800. The van der Waals surface area contributed by atoms with E-state index >= 15 is 0 Å². The van der Waals surface area contributed by atoms with Crippen molar-refractivity contribution in [3.8, 4) is 0 Å². The minimum absolute atomic E-state index is 0.137. The Morgan fingerprint density at radius 2 is 2.29 bits per heavy atom. The molecule has 0 rings (SSSR count). The smallest absolute Gasteiger partial charge is 0.181 e. The van der Waals surface area contributed by atoms with E-state index in [-0.39, 0.29) is 6.10 Å². The fourth-order valence-electron chi connectivity index (χ4n) is 0.234. The lowest BCUT2D eigenvalue weighted by Gasteiger charge is -2.03. The van der Waals surface area contributed by atoms with Crippen molar-refractivity contribution in [2.45, 2.75) is 26.4 Å². The molecule has 0 aromatic rings. The van der Waals surface area contributed by atoms with Crippen LogP contribution in [0.1, 0.15) is 20.3 Å². The van der Waals surface area contributed by atoms with E-state index in [0.717, 1.165) is 6.42 Å². The fourth-order valence-corrected chi connectivity index (χ4v) is 0.234. The average molecular weight is 103 g/mol. The Bertz CT molecular complexity index is 37.1. The van der Waals surface area contributed by atoms with Gasteiger partial charge in [0.05, 0.1) is 6.10 Å². The molecule has 0 spiro atoms. The van der Waals surface area contributed by atoms with Crippen LogP contribution in [0.4, 0.5) is 0 Å². The highest BCUT2D eigenvalue weighted by Gasteiger charge is 1.93. The maximum atomic E-state index is 9.68. The van der Waals surface area contributed by atoms with Crippen molar-refractivity contribution >= 4 is 0 Å². The van der Waals surface area contributed by atoms with Crippen LogP contribution in [0.2, 0.25) is 0 Å². The largest absolute Gasteiger partial charge is 0.349 e. The molecule has 0 aromatic carbocycles. The van der Waals surface area contributed by atoms with E-state index in [0.29, 0.717) is 0 Å². The molecular formula is C5H11O2. The summed E-state index contributed by atoms with van der Waals surface area (Å²) in [6, 6.07) is 0. The highest BCUT2D eigenvalue weighted by Crippen LogP contribution is 1.92. The predicted molar refractivity (Wildman–Crippen MR) is 26.4 cm³/mol. The van der Waals surface area contributed by atoms with Crippen LogP contribution in [0.25, 0.3) is 0 Å². The second-order valence-electron chi connectivity index (χ2n) is 1.50. The molecule has 43 valence electrons. The molecule has 2 nitrogen and oxygen atoms in total. The summed E-state index contributed by atoms with van der Waals surface area (Å²) in [4.78, 5) is 0. The van der Waals surface area contributed by atoms with Crippen LogP contribution < -0.4 is 0 Å². The number of rotatable bonds is 3. The van der Waals surface area contributed by atoms with E-state index in [1.54, 1.807) is 0 Å². The van der Waals surface area contributed by atoms with Crippen LogP contribution in [-0.2, 0) is 9.84 Å². The summed E-state index contributed by atoms with van der Waals surface area (Å²) in [7, 11) is 0. The van der Waals surface area contributed by atoms with E-state index in [4.69, 9.17) is 0 Å². The molecule has 0 amide bonds. The maximum absolute atomic E-state index is 9.68. The van der Waals surface area contributed by atoms with E-state index in [1.165, 1.54) is 0 Å². The second-order valence-corrected chi connectivity index (χ2v) is 1.50. The first-order valence-corrected chi connectivity index (χ1v) is 2.51. The first-order chi connectivity index (χ1) is 3.31. The quantitative estimate of drug-likeness (QED) is 0.493. The average Bonchev–Trinajstić information content (AvgIpc) is 1.68. The molecule has 0 bridgehead atoms. The molecule has 0 aliphatic heterocycles. The molecule has 0 saturated heterocycles. The molecule has 1 atom stereocenters. The molecule has 0 heterocycles. The molecule has 0 fully saturated rings. The number of hydrogen-bond donors (Lipinski definition) is 0. The van der Waals surface area contributed by atoms with Crippen LogP contribution in [0, 0.1) is 0 Å². The second kappa shape index (κ2) is 4.09. The molecule has 0 N–H and O–H groups in total. The van der Waals surface area contributed by atoms with Gasteiger partial charge in [0, 0.05) is 0 Å². The predicted octanol–water partition coefficient (Wildman–Crippen LogP) is 1.19. The summed E-state index contributed by atoms with van der Waals surface area (Å²) in [5.41, 5.74) is 0. The third-order valence-electron chi connectivity index (χ3n) is 0.927. The minimum atomic E-state index is -0.408. The topological polar surface area (TPSA) is 29.1 Å². The third kappa shape index (κ3) is 3.76. The first kappa shape index (κ1) is 6.92. The van der Waals surface area contributed by atoms with Crippen molar-refractivity contribution < 1.29 is 9.84 Å². The summed E-state index contributed by atoms with van der Waals surface area (Å²) in [5, 5.41) is 9.68. The molecule has 0 unspecified atom stereocenters. The van der Waals surface area contributed by atoms with Crippen LogP contribution in [0.3, 0.4) is 0 Å². The van der Waals surface area contributed by atoms with Gasteiger partial charge in [0.1, 0.15) is 0 Å². The Kier molecular flexibility index (Phi) is 4.04. The van der Waals surface area contributed by atoms with Gasteiger partial charge in [-0.2, -0.15) is 0 Å². The molecular weight excluding hydrogens is 92.1 g/mol. The molecule has 7 heavy (non-hydrogen) atoms. The molecule has 0 aromatic heterocycles. The molecule has 0 saturated carbocycles. The van der Waals surface area contributed by atoms with Gasteiger partial charge in [0.15, 0.2) is 6.79 Å². The lowest BCUT2D eigenvalue weighted by atomic mass is 10.3. The zero-order valence-electron chi connectivity index (χ0n) is 4.81. The highest BCUT2D eigenvalue weighted by molar-refractivity contribution is 4.39. The van der Waals surface area contributed by atoms with Gasteiger partial charge in [0.25, 0.3) is 0 Å². The summed E-state index contributed by atoms with van der Waals surface area (Å²) < 4.78 is 4.64. The van der Waals surface area contributed by atoms with Crippen molar-refractivity contribution in [1.29, 1.82) is 0 Å². The Morgan fingerprint density at radius 1 is 1.71 bits per heavy atom. The highest BCUT2D eigenvalue weighted by atomic mass is 16.6. The fraction of sp³-hybridized carbons (Fsp3) is 1.00. The van der Waals surface area contributed by atoms with Crippen LogP contribution >= 0.6 is 0 Å². The number of ether oxygens (including phenoxy) is 1. The van der Waals surface area contributed by atoms with Gasteiger partial charge in [-0.3, -0.25) is 0 Å². The van der Waals surface area contributed by atoms with E-state index < -0.39 is 6.79 Å². The van der Waals surface area contributed by atoms with Gasteiger partial charge in [-0.05, 0) is 13.3 Å². The van der Waals surface area contributed by atoms with Crippen LogP contribution in [0.5, 0.6) is 0 Å². The van der Waals surface area contributed by atoms with Crippen molar-refractivity contribution in [1.82, 2.24) is 0 Å². The summed E-state index contributed by atoms with van der Waals surface area (Å²) in [6.45, 7) is 3.47. The van der Waals surface area contributed by atoms with Gasteiger partial charge in [-0.1, -0.05) is 6.92 Å². The van der Waals surface area contributed by atoms with Crippen LogP contribution in [0.15, 0.2) is 0 Å². The Balaban J connectivity index is 2.83. The van der Waals surface area contributed by atoms with Gasteiger partial charge in [-0.15, -0.1) is 0 Å². The van der Waals surface area contributed by atoms with Crippen LogP contribution in [-0.4, -0.2) is 12.9 Å². The van der Waals surface area contributed by atoms with Crippen molar-refractivity contribution in [3.63, 3.8) is 0 Å². The lowest BCUT2D eigenvalue weighted by molar-refractivity contribution is -0.0780. The standard InChI is InChI=1S/C5H11O2/c1-3-5(2)7-4-6/h5H,3-4H2,1-2H3/t5-/m1/s1. The van der Waals surface area contributed by atoms with Gasteiger partial charge in [-0.25, -0.2) is 5.11 Å². The SMILES string of the molecule is CC[C@@H](C)OC[O]. The zero-order chi connectivity index (χ0) is 5.70. The van der Waals surface area contributed by atoms with Gasteiger partial charge < -0.3 is 4.74 Å². The Labute approximate surface area is 44.1 Å².